The van der Waals surface area contributed by atoms with E-state index in [1.807, 2.05) is 0 Å². The fraction of sp³-hybridized carbons (Fsp3) is 0.188. The summed E-state index contributed by atoms with van der Waals surface area (Å²) in [6.07, 6.45) is 0.641. The van der Waals surface area contributed by atoms with Gasteiger partial charge in [-0.15, -0.1) is 12.4 Å². The molecule has 0 bridgehead atoms. The van der Waals surface area contributed by atoms with Gasteiger partial charge in [0, 0.05) is 12.1 Å². The first kappa shape index (κ1) is 20.8. The van der Waals surface area contributed by atoms with Crippen molar-refractivity contribution in [3.05, 3.63) is 59.2 Å². The SMILES string of the molecule is COc1cc(C=O)ccc1F.COc1cc(CN)ccc1F.Cl. The van der Waals surface area contributed by atoms with Crippen molar-refractivity contribution in [2.24, 2.45) is 5.73 Å². The molecule has 0 fully saturated rings. The van der Waals surface area contributed by atoms with Crippen LogP contribution in [0.25, 0.3) is 0 Å². The number of halogens is 3. The van der Waals surface area contributed by atoms with Gasteiger partial charge in [-0.3, -0.25) is 4.79 Å². The van der Waals surface area contributed by atoms with Crippen LogP contribution in [-0.4, -0.2) is 20.5 Å². The average Bonchev–Trinajstić information content (AvgIpc) is 2.56. The van der Waals surface area contributed by atoms with Crippen molar-refractivity contribution in [1.82, 2.24) is 0 Å². The first-order valence-corrected chi connectivity index (χ1v) is 6.36. The van der Waals surface area contributed by atoms with Crippen molar-refractivity contribution in [3.63, 3.8) is 0 Å². The molecule has 2 rings (SSSR count). The molecule has 2 N–H and O–H groups in total. The first-order valence-electron chi connectivity index (χ1n) is 6.36. The molecule has 0 spiro atoms. The minimum atomic E-state index is -0.460. The standard InChI is InChI=1S/C8H10FNO.C8H7FO2.ClH/c2*1-11-8-4-6(5-10)2-3-7(8)9;/h2-4H,5,10H2,1H3;2-5H,1H3;1H. The summed E-state index contributed by atoms with van der Waals surface area (Å²) >= 11 is 0. The van der Waals surface area contributed by atoms with Crippen LogP contribution >= 0.6 is 12.4 Å². The number of methoxy groups -OCH3 is 2. The van der Waals surface area contributed by atoms with Crippen molar-refractivity contribution in [3.8, 4) is 11.5 Å². The summed E-state index contributed by atoms with van der Waals surface area (Å²) in [5, 5.41) is 0. The monoisotopic (exact) mass is 345 g/mol. The average molecular weight is 346 g/mol. The number of carbonyl (C=O) groups excluding carboxylic acids is 1. The van der Waals surface area contributed by atoms with E-state index in [9.17, 15) is 13.6 Å². The number of ether oxygens (including phenoxy) is 2. The van der Waals surface area contributed by atoms with Crippen LogP contribution < -0.4 is 15.2 Å². The summed E-state index contributed by atoms with van der Waals surface area (Å²) in [4.78, 5) is 10.2. The summed E-state index contributed by atoms with van der Waals surface area (Å²) < 4.78 is 34.8. The Morgan fingerprint density at radius 1 is 1.00 bits per heavy atom. The Balaban J connectivity index is 0.000000403. The van der Waals surface area contributed by atoms with E-state index in [0.717, 1.165) is 5.56 Å². The van der Waals surface area contributed by atoms with Crippen LogP contribution in [0.5, 0.6) is 11.5 Å². The van der Waals surface area contributed by atoms with Crippen LogP contribution in [0.2, 0.25) is 0 Å². The van der Waals surface area contributed by atoms with E-state index in [-0.39, 0.29) is 29.7 Å². The number of hydrogen-bond acceptors (Lipinski definition) is 4. The molecule has 23 heavy (non-hydrogen) atoms. The third-order valence-electron chi connectivity index (χ3n) is 2.76. The van der Waals surface area contributed by atoms with Crippen LogP contribution in [0.15, 0.2) is 36.4 Å². The van der Waals surface area contributed by atoms with Crippen LogP contribution in [0.4, 0.5) is 8.78 Å². The van der Waals surface area contributed by atoms with Gasteiger partial charge in [-0.2, -0.15) is 0 Å². The zero-order valence-electron chi connectivity index (χ0n) is 12.7. The quantitative estimate of drug-likeness (QED) is 0.863. The molecular formula is C16H18ClF2NO3. The van der Waals surface area contributed by atoms with Gasteiger partial charge in [0.2, 0.25) is 0 Å². The number of benzene rings is 2. The number of aldehydes is 1. The normalized spacial score (nSPS) is 9.09. The molecule has 7 heteroatoms. The van der Waals surface area contributed by atoms with Crippen molar-refractivity contribution >= 4 is 18.7 Å². The largest absolute Gasteiger partial charge is 0.494 e. The van der Waals surface area contributed by atoms with E-state index in [2.05, 4.69) is 4.74 Å². The summed E-state index contributed by atoms with van der Waals surface area (Å²) in [6, 6.07) is 8.52. The van der Waals surface area contributed by atoms with E-state index >= 15 is 0 Å². The van der Waals surface area contributed by atoms with E-state index in [0.29, 0.717) is 18.4 Å². The third-order valence-corrected chi connectivity index (χ3v) is 2.76. The second-order valence-corrected chi connectivity index (χ2v) is 4.18. The fourth-order valence-corrected chi connectivity index (χ4v) is 1.58. The minimum Gasteiger partial charge on any atom is -0.494 e. The fourth-order valence-electron chi connectivity index (χ4n) is 1.58. The molecule has 0 amide bonds. The highest BCUT2D eigenvalue weighted by Crippen LogP contribution is 2.17. The van der Waals surface area contributed by atoms with Gasteiger partial charge >= 0.3 is 0 Å². The van der Waals surface area contributed by atoms with Gasteiger partial charge in [-0.05, 0) is 35.9 Å². The second kappa shape index (κ2) is 10.5. The molecule has 0 aromatic heterocycles. The maximum Gasteiger partial charge on any atom is 0.165 e. The lowest BCUT2D eigenvalue weighted by atomic mass is 10.2. The lowest BCUT2D eigenvalue weighted by molar-refractivity contribution is 0.112. The van der Waals surface area contributed by atoms with Gasteiger partial charge < -0.3 is 15.2 Å². The van der Waals surface area contributed by atoms with Gasteiger partial charge in [0.15, 0.2) is 23.1 Å². The Labute approximate surface area is 139 Å². The van der Waals surface area contributed by atoms with Gasteiger partial charge in [0.25, 0.3) is 0 Å². The second-order valence-electron chi connectivity index (χ2n) is 4.18. The van der Waals surface area contributed by atoms with Crippen LogP contribution in [0.3, 0.4) is 0 Å². The summed E-state index contributed by atoms with van der Waals surface area (Å²) in [7, 11) is 2.78. The molecule has 0 aliphatic rings. The van der Waals surface area contributed by atoms with E-state index < -0.39 is 5.82 Å². The predicted molar refractivity (Wildman–Crippen MR) is 86.4 cm³/mol. The highest BCUT2D eigenvalue weighted by Gasteiger charge is 2.02. The molecule has 0 radical (unpaired) electrons. The van der Waals surface area contributed by atoms with Gasteiger partial charge in [0.1, 0.15) is 6.29 Å². The number of rotatable bonds is 4. The minimum absolute atomic E-state index is 0. The number of nitrogens with two attached hydrogens (primary N) is 1. The van der Waals surface area contributed by atoms with Crippen molar-refractivity contribution in [2.45, 2.75) is 6.54 Å². The molecule has 126 valence electrons. The molecule has 0 aliphatic heterocycles. The van der Waals surface area contributed by atoms with E-state index in [1.54, 1.807) is 12.1 Å². The van der Waals surface area contributed by atoms with E-state index in [1.165, 1.54) is 38.5 Å². The molecule has 2 aromatic rings. The van der Waals surface area contributed by atoms with Crippen molar-refractivity contribution < 1.29 is 23.0 Å². The van der Waals surface area contributed by atoms with Crippen molar-refractivity contribution in [1.29, 1.82) is 0 Å². The molecule has 0 aliphatic carbocycles. The summed E-state index contributed by atoms with van der Waals surface area (Å²) in [5.41, 5.74) is 6.62. The highest BCUT2D eigenvalue weighted by atomic mass is 35.5. The lowest BCUT2D eigenvalue weighted by Crippen LogP contribution is -1.97. The molecular weight excluding hydrogens is 328 g/mol. The maximum atomic E-state index is 12.7. The Bertz CT molecular complexity index is 639. The highest BCUT2D eigenvalue weighted by molar-refractivity contribution is 5.85. The number of hydrogen-bond donors (Lipinski definition) is 1. The molecule has 4 nitrogen and oxygen atoms in total. The smallest absolute Gasteiger partial charge is 0.165 e. The molecule has 0 saturated carbocycles. The third kappa shape index (κ3) is 6.22. The molecule has 0 unspecified atom stereocenters. The number of carbonyl (C=O) groups is 1. The van der Waals surface area contributed by atoms with Gasteiger partial charge in [0.05, 0.1) is 14.2 Å². The summed E-state index contributed by atoms with van der Waals surface area (Å²) in [6.45, 7) is 0.399. The molecule has 0 heterocycles. The van der Waals surface area contributed by atoms with Gasteiger partial charge in [-0.25, -0.2) is 8.78 Å². The predicted octanol–water partition coefficient (Wildman–Crippen LogP) is 3.36. The Morgan fingerprint density at radius 2 is 1.52 bits per heavy atom. The molecule has 0 saturated heterocycles. The first-order chi connectivity index (χ1) is 10.5. The van der Waals surface area contributed by atoms with Crippen LogP contribution in [0.1, 0.15) is 15.9 Å². The molecule has 0 atom stereocenters. The zero-order valence-corrected chi connectivity index (χ0v) is 13.5. The van der Waals surface area contributed by atoms with Crippen LogP contribution in [0, 0.1) is 11.6 Å². The van der Waals surface area contributed by atoms with Crippen LogP contribution in [-0.2, 0) is 6.54 Å². The maximum absolute atomic E-state index is 12.7. The Morgan fingerprint density at radius 3 is 2.00 bits per heavy atom. The Kier molecular flexibility index (Phi) is 9.53. The van der Waals surface area contributed by atoms with Gasteiger partial charge in [-0.1, -0.05) is 6.07 Å². The Hall–Kier alpha value is -2.18. The van der Waals surface area contributed by atoms with E-state index in [4.69, 9.17) is 10.5 Å². The molecule has 2 aromatic carbocycles. The topological polar surface area (TPSA) is 61.5 Å². The zero-order chi connectivity index (χ0) is 16.5. The van der Waals surface area contributed by atoms with Crippen molar-refractivity contribution in [2.75, 3.05) is 14.2 Å². The lowest BCUT2D eigenvalue weighted by Gasteiger charge is -2.02. The summed E-state index contributed by atoms with van der Waals surface area (Å²) in [5.74, 6) is -0.481.